The third-order valence-corrected chi connectivity index (χ3v) is 12.4. The summed E-state index contributed by atoms with van der Waals surface area (Å²) in [5, 5.41) is 5.50. The van der Waals surface area contributed by atoms with Gasteiger partial charge in [0.15, 0.2) is 0 Å². The molecule has 1 unspecified atom stereocenters. The molecule has 58 heavy (non-hydrogen) atoms. The molecule has 12 nitrogen and oxygen atoms in total. The first kappa shape index (κ1) is 40.8. The smallest absolute Gasteiger partial charge is 0.407 e. The summed E-state index contributed by atoms with van der Waals surface area (Å²) >= 11 is 0. The van der Waals surface area contributed by atoms with Gasteiger partial charge in [0.1, 0.15) is 12.1 Å². The molecule has 3 aromatic rings. The number of hydrogen-bond donors (Lipinski definition) is 3. The van der Waals surface area contributed by atoms with Crippen LogP contribution in [0.25, 0.3) is 28.0 Å². The van der Waals surface area contributed by atoms with Gasteiger partial charge in [-0.25, -0.2) is 9.59 Å². The fourth-order valence-corrected chi connectivity index (χ4v) is 9.29. The minimum absolute atomic E-state index is 0.0600. The van der Waals surface area contributed by atoms with Crippen LogP contribution in [-0.2, 0) is 31.9 Å². The zero-order valence-corrected chi connectivity index (χ0v) is 34.7. The standard InChI is InChI=1S/C46H58N6O6/c1-27(2)39(49-45(55)57-5)43(53)51-23-9-13-37(51)36-25-33(26-47-36)31-17-15-29(16-18-31)30-19-21-32(22-20-30)41-34-11-7-8-12-35(34)42(48-41)38-14-10-24-52(38)44(54)40(28(3)4)50-46(56)58-6/h15-22,26-28,37-40,48H,7-14,23-25H2,1-6H3,(H,49,55)(H,50,56)/t37-,38?,39-,40-/m0/s1. The number of H-pyrrole nitrogens is 1. The van der Waals surface area contributed by atoms with Gasteiger partial charge < -0.3 is 34.9 Å². The minimum atomic E-state index is -0.656. The van der Waals surface area contributed by atoms with Crippen LogP contribution in [0.1, 0.15) is 101 Å². The average molecular weight is 791 g/mol. The number of likely N-dealkylation sites (tertiary alicyclic amines) is 2. The van der Waals surface area contributed by atoms with Gasteiger partial charge in [0.05, 0.1) is 26.3 Å². The molecule has 4 heterocycles. The summed E-state index contributed by atoms with van der Waals surface area (Å²) < 4.78 is 9.62. The first-order valence-corrected chi connectivity index (χ1v) is 21.0. The van der Waals surface area contributed by atoms with Gasteiger partial charge in [0, 0.05) is 42.8 Å². The Labute approximate surface area is 341 Å². The normalized spacial score (nSPS) is 20.1. The molecule has 4 atom stereocenters. The van der Waals surface area contributed by atoms with Gasteiger partial charge in [-0.15, -0.1) is 0 Å². The monoisotopic (exact) mass is 790 g/mol. The highest BCUT2D eigenvalue weighted by Gasteiger charge is 2.40. The van der Waals surface area contributed by atoms with E-state index in [-0.39, 0.29) is 35.7 Å². The Bertz CT molecular complexity index is 2070. The second-order valence-electron chi connectivity index (χ2n) is 16.8. The predicted octanol–water partition coefficient (Wildman–Crippen LogP) is 7.83. The van der Waals surface area contributed by atoms with Crippen molar-refractivity contribution in [1.82, 2.24) is 25.4 Å². The molecule has 4 aliphatic rings. The van der Waals surface area contributed by atoms with Crippen LogP contribution in [0.2, 0.25) is 0 Å². The zero-order chi connectivity index (χ0) is 41.1. The summed E-state index contributed by atoms with van der Waals surface area (Å²) in [5.74, 6) is -0.311. The number of ether oxygens (including phenoxy) is 2. The average Bonchev–Trinajstić information content (AvgIpc) is 4.07. The first-order valence-electron chi connectivity index (χ1n) is 21.0. The van der Waals surface area contributed by atoms with E-state index in [2.05, 4.69) is 64.1 Å². The Morgan fingerprint density at radius 2 is 1.16 bits per heavy atom. The fraction of sp³-hybridized carbons (Fsp3) is 0.500. The maximum absolute atomic E-state index is 13.9. The summed E-state index contributed by atoms with van der Waals surface area (Å²) in [7, 11) is 2.63. The van der Waals surface area contributed by atoms with E-state index in [1.165, 1.54) is 25.3 Å². The SMILES string of the molecule is COC(=O)N[C@H](C(=O)N1CCCC1c1[nH]c(-c2ccc(-c3ccc(C4=CN=C([C@@H]5CCCN5C(=O)[C@@H](NC(=O)OC)C(C)C)C4)cc3)cc2)c2c1CCCC2)C(C)C. The van der Waals surface area contributed by atoms with Crippen LogP contribution in [0, 0.1) is 11.8 Å². The van der Waals surface area contributed by atoms with Gasteiger partial charge in [-0.2, -0.15) is 0 Å². The van der Waals surface area contributed by atoms with Crippen molar-refractivity contribution in [2.24, 2.45) is 16.8 Å². The van der Waals surface area contributed by atoms with Crippen molar-refractivity contribution in [3.8, 4) is 22.4 Å². The lowest BCUT2D eigenvalue weighted by atomic mass is 9.88. The topological polar surface area (TPSA) is 145 Å². The number of nitrogens with one attached hydrogen (secondary N) is 3. The van der Waals surface area contributed by atoms with Crippen molar-refractivity contribution in [2.75, 3.05) is 27.3 Å². The van der Waals surface area contributed by atoms with E-state index >= 15 is 0 Å². The van der Waals surface area contributed by atoms with Gasteiger partial charge in [-0.3, -0.25) is 14.6 Å². The molecule has 1 aromatic heterocycles. The van der Waals surface area contributed by atoms with Gasteiger partial charge in [0.25, 0.3) is 0 Å². The number of aliphatic imine (C=N–C) groups is 1. The van der Waals surface area contributed by atoms with Crippen molar-refractivity contribution in [3.05, 3.63) is 77.1 Å². The van der Waals surface area contributed by atoms with E-state index in [9.17, 15) is 19.2 Å². The molecule has 2 aromatic carbocycles. The van der Waals surface area contributed by atoms with Gasteiger partial charge >= 0.3 is 12.2 Å². The number of aromatic amines is 1. The largest absolute Gasteiger partial charge is 0.453 e. The summed E-state index contributed by atoms with van der Waals surface area (Å²) in [5.41, 5.74) is 11.6. The molecule has 308 valence electrons. The Kier molecular flexibility index (Phi) is 12.4. The van der Waals surface area contributed by atoms with E-state index in [0.717, 1.165) is 96.3 Å². The highest BCUT2D eigenvalue weighted by atomic mass is 16.5. The number of hydrogen-bond acceptors (Lipinski definition) is 7. The Morgan fingerprint density at radius 1 is 0.672 bits per heavy atom. The molecule has 3 aliphatic heterocycles. The maximum atomic E-state index is 13.9. The molecule has 12 heteroatoms. The third kappa shape index (κ3) is 8.29. The molecule has 0 saturated carbocycles. The predicted molar refractivity (Wildman–Crippen MR) is 225 cm³/mol. The number of rotatable bonds is 11. The number of benzene rings is 2. The highest BCUT2D eigenvalue weighted by molar-refractivity contribution is 6.04. The molecule has 7 rings (SSSR count). The summed E-state index contributed by atoms with van der Waals surface area (Å²) in [6, 6.07) is 15.9. The van der Waals surface area contributed by atoms with E-state index in [1.54, 1.807) is 0 Å². The summed E-state index contributed by atoms with van der Waals surface area (Å²) in [4.78, 5) is 64.1. The molecule has 1 aliphatic carbocycles. The van der Waals surface area contributed by atoms with Crippen LogP contribution in [0.15, 0.2) is 59.7 Å². The van der Waals surface area contributed by atoms with E-state index in [4.69, 9.17) is 14.5 Å². The number of methoxy groups -OCH3 is 2. The van der Waals surface area contributed by atoms with Gasteiger partial charge in [-0.05, 0) is 102 Å². The Morgan fingerprint density at radius 3 is 1.69 bits per heavy atom. The highest BCUT2D eigenvalue weighted by Crippen LogP contribution is 2.42. The summed E-state index contributed by atoms with van der Waals surface area (Å²) in [6.07, 6.45) is 9.22. The van der Waals surface area contributed by atoms with E-state index in [0.29, 0.717) is 19.5 Å². The number of alkyl carbamates (subject to hydrolysis) is 2. The molecule has 2 saturated heterocycles. The van der Waals surface area contributed by atoms with Crippen LogP contribution >= 0.6 is 0 Å². The number of carbonyl (C=O) groups excluding carboxylic acids is 4. The number of aromatic nitrogens is 1. The van der Waals surface area contributed by atoms with Crippen LogP contribution in [0.3, 0.4) is 0 Å². The third-order valence-electron chi connectivity index (χ3n) is 12.4. The Balaban J connectivity index is 1.03. The lowest BCUT2D eigenvalue weighted by Crippen LogP contribution is -2.53. The molecule has 3 N–H and O–H groups in total. The summed E-state index contributed by atoms with van der Waals surface area (Å²) in [6.45, 7) is 9.04. The van der Waals surface area contributed by atoms with E-state index < -0.39 is 24.3 Å². The molecule has 4 amide bonds. The lowest BCUT2D eigenvalue weighted by Gasteiger charge is -2.31. The van der Waals surface area contributed by atoms with Crippen molar-refractivity contribution in [3.63, 3.8) is 0 Å². The molecular weight excluding hydrogens is 733 g/mol. The Hall–Kier alpha value is -5.39. The lowest BCUT2D eigenvalue weighted by molar-refractivity contribution is -0.135. The zero-order valence-electron chi connectivity index (χ0n) is 34.7. The molecule has 2 fully saturated rings. The maximum Gasteiger partial charge on any atom is 0.407 e. The number of nitrogens with zero attached hydrogens (tertiary/aromatic N) is 3. The molecule has 0 bridgehead atoms. The minimum Gasteiger partial charge on any atom is -0.453 e. The first-order chi connectivity index (χ1) is 28.0. The number of carbonyl (C=O) groups is 4. The second-order valence-corrected chi connectivity index (χ2v) is 16.8. The van der Waals surface area contributed by atoms with Crippen LogP contribution in [0.5, 0.6) is 0 Å². The van der Waals surface area contributed by atoms with Gasteiger partial charge in [-0.1, -0.05) is 76.2 Å². The van der Waals surface area contributed by atoms with Crippen LogP contribution in [0.4, 0.5) is 9.59 Å². The second kappa shape index (κ2) is 17.6. The van der Waals surface area contributed by atoms with Crippen molar-refractivity contribution < 1.29 is 28.7 Å². The quantitative estimate of drug-likeness (QED) is 0.181. The molecule has 0 spiro atoms. The number of amides is 4. The van der Waals surface area contributed by atoms with Crippen molar-refractivity contribution in [1.29, 1.82) is 0 Å². The van der Waals surface area contributed by atoms with Crippen LogP contribution < -0.4 is 10.6 Å². The molecule has 0 radical (unpaired) electrons. The van der Waals surface area contributed by atoms with Crippen LogP contribution in [-0.4, -0.2) is 89.9 Å². The van der Waals surface area contributed by atoms with E-state index in [1.807, 2.05) is 43.7 Å². The van der Waals surface area contributed by atoms with Crippen molar-refractivity contribution >= 4 is 35.3 Å². The van der Waals surface area contributed by atoms with Crippen molar-refractivity contribution in [2.45, 2.75) is 110 Å². The number of allylic oxidation sites excluding steroid dienone is 1. The molecular formula is C46H58N6O6. The van der Waals surface area contributed by atoms with Gasteiger partial charge in [0.2, 0.25) is 11.8 Å². The fourth-order valence-electron chi connectivity index (χ4n) is 9.29. The number of fused-ring (bicyclic) bond motifs is 1.